The van der Waals surface area contributed by atoms with Crippen molar-refractivity contribution in [2.45, 2.75) is 32.2 Å². The lowest BCUT2D eigenvalue weighted by Crippen LogP contribution is -2.52. The number of benzene rings is 1. The summed E-state index contributed by atoms with van der Waals surface area (Å²) in [4.78, 5) is 29.9. The normalized spacial score (nSPS) is 21.6. The Kier molecular flexibility index (Phi) is 5.68. The zero-order valence-electron chi connectivity index (χ0n) is 14.8. The van der Waals surface area contributed by atoms with Crippen molar-refractivity contribution in [3.8, 4) is 0 Å². The average Bonchev–Trinajstić information content (AvgIpc) is 3.01. The van der Waals surface area contributed by atoms with Gasteiger partial charge in [-0.3, -0.25) is 14.5 Å². The Hall–Kier alpha value is -1.95. The number of carbonyl (C=O) groups is 2. The van der Waals surface area contributed by atoms with E-state index < -0.39 is 0 Å². The van der Waals surface area contributed by atoms with E-state index in [-0.39, 0.29) is 17.6 Å². The van der Waals surface area contributed by atoms with Crippen LogP contribution in [0.1, 0.15) is 25.3 Å². The second-order valence-corrected chi connectivity index (χ2v) is 6.99. The Morgan fingerprint density at radius 3 is 2.52 bits per heavy atom. The summed E-state index contributed by atoms with van der Waals surface area (Å²) in [6.45, 7) is 5.36. The zero-order chi connectivity index (χ0) is 17.8. The van der Waals surface area contributed by atoms with Crippen LogP contribution in [0.2, 0.25) is 0 Å². The number of hydrogen-bond acceptors (Lipinski definition) is 3. The van der Waals surface area contributed by atoms with Crippen molar-refractivity contribution in [1.82, 2.24) is 14.7 Å². The minimum atomic E-state index is -0.207. The largest absolute Gasteiger partial charge is 0.339 e. The molecule has 2 heterocycles. The summed E-state index contributed by atoms with van der Waals surface area (Å²) in [6, 6.07) is 7.02. The van der Waals surface area contributed by atoms with Crippen LogP contribution in [0.25, 0.3) is 0 Å². The highest BCUT2D eigenvalue weighted by Crippen LogP contribution is 2.21. The molecule has 1 aromatic carbocycles. The quantitative estimate of drug-likeness (QED) is 0.830. The summed E-state index contributed by atoms with van der Waals surface area (Å²) >= 11 is 0. The van der Waals surface area contributed by atoms with Gasteiger partial charge in [-0.1, -0.05) is 12.1 Å². The number of nitrogens with zero attached hydrogens (tertiary/aromatic N) is 3. The van der Waals surface area contributed by atoms with Gasteiger partial charge in [0.25, 0.3) is 0 Å². The fourth-order valence-corrected chi connectivity index (χ4v) is 3.81. The summed E-state index contributed by atoms with van der Waals surface area (Å²) < 4.78 is 13.4. The molecular weight excluding hydrogens is 321 g/mol. The molecule has 0 spiro atoms. The van der Waals surface area contributed by atoms with E-state index in [9.17, 15) is 14.0 Å². The van der Waals surface area contributed by atoms with E-state index in [0.29, 0.717) is 38.8 Å². The van der Waals surface area contributed by atoms with Crippen molar-refractivity contribution in [2.24, 2.45) is 0 Å². The number of carbonyl (C=O) groups excluding carboxylic acids is 2. The van der Waals surface area contributed by atoms with Gasteiger partial charge >= 0.3 is 0 Å². The minimum Gasteiger partial charge on any atom is -0.339 e. The molecule has 0 saturated carbocycles. The lowest BCUT2D eigenvalue weighted by atomic mass is 10.0. The summed E-state index contributed by atoms with van der Waals surface area (Å²) in [5.74, 6) is -0.00221. The summed E-state index contributed by atoms with van der Waals surface area (Å²) in [7, 11) is 0. The van der Waals surface area contributed by atoms with E-state index in [1.54, 1.807) is 24.0 Å². The first-order valence-electron chi connectivity index (χ1n) is 9.04. The number of amides is 2. The third-order valence-electron chi connectivity index (χ3n) is 5.28. The van der Waals surface area contributed by atoms with Gasteiger partial charge < -0.3 is 9.80 Å². The zero-order valence-corrected chi connectivity index (χ0v) is 14.8. The Morgan fingerprint density at radius 2 is 1.84 bits per heavy atom. The van der Waals surface area contributed by atoms with E-state index >= 15 is 0 Å². The molecule has 2 amide bonds. The highest BCUT2D eigenvalue weighted by Gasteiger charge is 2.29. The average molecular weight is 347 g/mol. The van der Waals surface area contributed by atoms with E-state index in [1.807, 2.05) is 11.0 Å². The second kappa shape index (κ2) is 7.95. The van der Waals surface area contributed by atoms with Crippen molar-refractivity contribution in [1.29, 1.82) is 0 Å². The van der Waals surface area contributed by atoms with Gasteiger partial charge in [0.2, 0.25) is 11.8 Å². The molecule has 1 aromatic rings. The first kappa shape index (κ1) is 17.9. The van der Waals surface area contributed by atoms with Crippen LogP contribution >= 0.6 is 0 Å². The molecule has 0 aliphatic carbocycles. The maximum Gasteiger partial charge on any atom is 0.236 e. The Labute approximate surface area is 148 Å². The Bertz CT molecular complexity index is 629. The van der Waals surface area contributed by atoms with Crippen LogP contribution in [0.3, 0.4) is 0 Å². The number of halogens is 1. The molecule has 3 rings (SSSR count). The van der Waals surface area contributed by atoms with Crippen LogP contribution in [0, 0.1) is 5.82 Å². The smallest absolute Gasteiger partial charge is 0.236 e. The molecule has 6 heteroatoms. The number of likely N-dealkylation sites (tertiary alicyclic amines) is 1. The Balaban J connectivity index is 1.53. The monoisotopic (exact) mass is 347 g/mol. The van der Waals surface area contributed by atoms with Gasteiger partial charge in [-0.15, -0.1) is 0 Å². The van der Waals surface area contributed by atoms with Crippen LogP contribution in [0.15, 0.2) is 24.3 Å². The standard InChI is InChI=1S/C19H26FN3O2/c1-15(24)21-8-10-22(11-9-21)19(25)14-23-7-3-6-18(23)13-16-4-2-5-17(20)12-16/h2,4-5,12,18H,3,6-11,13-14H2,1H3. The van der Waals surface area contributed by atoms with Gasteiger partial charge in [-0.05, 0) is 43.5 Å². The minimum absolute atomic E-state index is 0.0711. The molecular formula is C19H26FN3O2. The Morgan fingerprint density at radius 1 is 1.12 bits per heavy atom. The molecule has 1 atom stereocenters. The van der Waals surface area contributed by atoms with E-state index in [0.717, 1.165) is 31.4 Å². The molecule has 136 valence electrons. The molecule has 1 unspecified atom stereocenters. The summed E-state index contributed by atoms with van der Waals surface area (Å²) in [5.41, 5.74) is 0.986. The topological polar surface area (TPSA) is 43.9 Å². The lowest BCUT2D eigenvalue weighted by Gasteiger charge is -2.35. The van der Waals surface area contributed by atoms with E-state index in [1.165, 1.54) is 6.07 Å². The highest BCUT2D eigenvalue weighted by atomic mass is 19.1. The van der Waals surface area contributed by atoms with Gasteiger partial charge in [0.1, 0.15) is 5.82 Å². The van der Waals surface area contributed by atoms with Gasteiger partial charge in [0, 0.05) is 39.1 Å². The van der Waals surface area contributed by atoms with Crippen LogP contribution in [-0.4, -0.2) is 71.8 Å². The van der Waals surface area contributed by atoms with E-state index in [2.05, 4.69) is 4.90 Å². The predicted molar refractivity (Wildman–Crippen MR) is 93.5 cm³/mol. The first-order chi connectivity index (χ1) is 12.0. The summed E-state index contributed by atoms with van der Waals surface area (Å²) in [5, 5.41) is 0. The number of hydrogen-bond donors (Lipinski definition) is 0. The molecule has 25 heavy (non-hydrogen) atoms. The first-order valence-corrected chi connectivity index (χ1v) is 9.04. The van der Waals surface area contributed by atoms with Crippen LogP contribution in [-0.2, 0) is 16.0 Å². The highest BCUT2D eigenvalue weighted by molar-refractivity contribution is 5.79. The molecule has 2 aliphatic heterocycles. The molecule has 2 saturated heterocycles. The third-order valence-corrected chi connectivity index (χ3v) is 5.28. The molecule has 2 fully saturated rings. The van der Waals surface area contributed by atoms with Crippen molar-refractivity contribution < 1.29 is 14.0 Å². The molecule has 5 nitrogen and oxygen atoms in total. The van der Waals surface area contributed by atoms with Crippen molar-refractivity contribution >= 4 is 11.8 Å². The molecule has 0 N–H and O–H groups in total. The SMILES string of the molecule is CC(=O)N1CCN(C(=O)CN2CCCC2Cc2cccc(F)c2)CC1. The fourth-order valence-electron chi connectivity index (χ4n) is 3.81. The van der Waals surface area contributed by atoms with Gasteiger partial charge in [-0.25, -0.2) is 4.39 Å². The molecule has 0 bridgehead atoms. The van der Waals surface area contributed by atoms with Gasteiger partial charge in [-0.2, -0.15) is 0 Å². The lowest BCUT2D eigenvalue weighted by molar-refractivity contribution is -0.139. The molecule has 2 aliphatic rings. The maximum absolute atomic E-state index is 13.4. The van der Waals surface area contributed by atoms with Gasteiger partial charge in [0.05, 0.1) is 6.54 Å². The maximum atomic E-state index is 13.4. The third kappa shape index (κ3) is 4.57. The van der Waals surface area contributed by atoms with Crippen molar-refractivity contribution in [3.63, 3.8) is 0 Å². The van der Waals surface area contributed by atoms with Crippen LogP contribution < -0.4 is 0 Å². The predicted octanol–water partition coefficient (Wildman–Crippen LogP) is 1.52. The van der Waals surface area contributed by atoms with E-state index in [4.69, 9.17) is 0 Å². The van der Waals surface area contributed by atoms with Crippen LogP contribution in [0.4, 0.5) is 4.39 Å². The van der Waals surface area contributed by atoms with Crippen LogP contribution in [0.5, 0.6) is 0 Å². The molecule has 0 aromatic heterocycles. The summed E-state index contributed by atoms with van der Waals surface area (Å²) in [6.07, 6.45) is 2.90. The number of piperazine rings is 1. The molecule has 0 radical (unpaired) electrons. The van der Waals surface area contributed by atoms with Crippen molar-refractivity contribution in [2.75, 3.05) is 39.3 Å². The van der Waals surface area contributed by atoms with Gasteiger partial charge in [0.15, 0.2) is 0 Å². The second-order valence-electron chi connectivity index (χ2n) is 6.99. The number of rotatable bonds is 4. The van der Waals surface area contributed by atoms with Crippen molar-refractivity contribution in [3.05, 3.63) is 35.6 Å². The fraction of sp³-hybridized carbons (Fsp3) is 0.579.